The van der Waals surface area contributed by atoms with Crippen LogP contribution in [0.5, 0.6) is 5.75 Å². The van der Waals surface area contributed by atoms with Crippen LogP contribution in [0.3, 0.4) is 0 Å². The molecule has 0 saturated heterocycles. The molecule has 6 heteroatoms. The lowest BCUT2D eigenvalue weighted by Crippen LogP contribution is -2.04. The summed E-state index contributed by atoms with van der Waals surface area (Å²) >= 11 is 3.55. The Morgan fingerprint density at radius 3 is 2.53 bits per heavy atom. The van der Waals surface area contributed by atoms with Gasteiger partial charge in [-0.05, 0) is 54.4 Å². The van der Waals surface area contributed by atoms with E-state index < -0.39 is 0 Å². The van der Waals surface area contributed by atoms with Gasteiger partial charge in [0, 0.05) is 16.6 Å². The number of halogens is 1. The fraction of sp³-hybridized carbons (Fsp3) is 0.167. The molecule has 4 rings (SSSR count). The van der Waals surface area contributed by atoms with Gasteiger partial charge >= 0.3 is 5.97 Å². The Morgan fingerprint density at radius 1 is 1.03 bits per heavy atom. The molecule has 30 heavy (non-hydrogen) atoms. The van der Waals surface area contributed by atoms with Crippen LogP contribution in [0.2, 0.25) is 0 Å². The molecule has 0 aliphatic heterocycles. The number of imidazole rings is 1. The number of aromatic nitrogens is 2. The molecule has 0 amide bonds. The number of carbonyl (C=O) groups is 1. The van der Waals surface area contributed by atoms with E-state index in [1.54, 1.807) is 19.2 Å². The van der Waals surface area contributed by atoms with Crippen molar-refractivity contribution in [1.29, 1.82) is 0 Å². The number of carbonyl (C=O) groups excluding carboxylic acids is 1. The van der Waals surface area contributed by atoms with Crippen molar-refractivity contribution in [3.8, 4) is 17.1 Å². The van der Waals surface area contributed by atoms with Crippen molar-refractivity contribution >= 4 is 32.9 Å². The molecule has 0 bridgehead atoms. The number of nitrogens with zero attached hydrogens (tertiary/aromatic N) is 2. The zero-order chi connectivity index (χ0) is 21.1. The summed E-state index contributed by atoms with van der Waals surface area (Å²) in [4.78, 5) is 16.8. The molecule has 0 aliphatic rings. The van der Waals surface area contributed by atoms with Gasteiger partial charge in [-0.25, -0.2) is 9.78 Å². The highest BCUT2D eigenvalue weighted by molar-refractivity contribution is 9.10. The minimum atomic E-state index is -0.367. The molecule has 3 aromatic carbocycles. The van der Waals surface area contributed by atoms with Gasteiger partial charge in [0.15, 0.2) is 0 Å². The molecule has 1 heterocycles. The van der Waals surface area contributed by atoms with E-state index in [-0.39, 0.29) is 5.97 Å². The van der Waals surface area contributed by atoms with Crippen LogP contribution < -0.4 is 4.74 Å². The van der Waals surface area contributed by atoms with Crippen LogP contribution in [-0.2, 0) is 17.7 Å². The van der Waals surface area contributed by atoms with Crippen molar-refractivity contribution < 1.29 is 14.3 Å². The lowest BCUT2D eigenvalue weighted by molar-refractivity contribution is 0.0601. The van der Waals surface area contributed by atoms with Crippen LogP contribution in [0.25, 0.3) is 22.4 Å². The number of aryl methyl sites for hydroxylation is 2. The quantitative estimate of drug-likeness (QED) is 0.353. The number of hydrogen-bond donors (Lipinski definition) is 0. The van der Waals surface area contributed by atoms with Crippen molar-refractivity contribution in [3.63, 3.8) is 0 Å². The zero-order valence-corrected chi connectivity index (χ0v) is 18.3. The van der Waals surface area contributed by atoms with E-state index in [0.29, 0.717) is 5.56 Å². The first-order chi connectivity index (χ1) is 14.6. The second-order valence-corrected chi connectivity index (χ2v) is 7.81. The molecule has 0 aliphatic carbocycles. The molecule has 0 spiro atoms. The lowest BCUT2D eigenvalue weighted by Gasteiger charge is -2.10. The molecule has 5 nitrogen and oxygen atoms in total. The molecular weight excluding hydrogens is 444 g/mol. The monoisotopic (exact) mass is 464 g/mol. The summed E-state index contributed by atoms with van der Waals surface area (Å²) in [5.41, 5.74) is 4.46. The maximum atomic E-state index is 12.0. The fourth-order valence-corrected chi connectivity index (χ4v) is 3.88. The van der Waals surface area contributed by atoms with E-state index in [2.05, 4.69) is 32.6 Å². The molecule has 0 saturated carbocycles. The highest BCUT2D eigenvalue weighted by Gasteiger charge is 2.15. The van der Waals surface area contributed by atoms with Gasteiger partial charge in [-0.15, -0.1) is 0 Å². The Labute approximate surface area is 183 Å². The molecule has 0 radical (unpaired) electrons. The van der Waals surface area contributed by atoms with Gasteiger partial charge in [-0.3, -0.25) is 0 Å². The van der Waals surface area contributed by atoms with E-state index in [4.69, 9.17) is 14.5 Å². The lowest BCUT2D eigenvalue weighted by atomic mass is 10.1. The molecule has 0 unspecified atom stereocenters. The smallest absolute Gasteiger partial charge is 0.337 e. The van der Waals surface area contributed by atoms with Crippen molar-refractivity contribution in [2.45, 2.75) is 13.0 Å². The highest BCUT2D eigenvalue weighted by atomic mass is 79.9. The van der Waals surface area contributed by atoms with Crippen LogP contribution >= 0.6 is 15.9 Å². The number of ether oxygens (including phenoxy) is 2. The molecular formula is C24H21BrN2O3. The van der Waals surface area contributed by atoms with E-state index in [1.165, 1.54) is 12.7 Å². The Bertz CT molecular complexity index is 1200. The van der Waals surface area contributed by atoms with Crippen molar-refractivity contribution in [1.82, 2.24) is 9.55 Å². The fourth-order valence-electron chi connectivity index (χ4n) is 3.48. The number of hydrogen-bond acceptors (Lipinski definition) is 4. The summed E-state index contributed by atoms with van der Waals surface area (Å²) < 4.78 is 13.3. The number of esters is 1. The Morgan fingerprint density at radius 2 is 1.83 bits per heavy atom. The first kappa shape index (κ1) is 20.2. The average Bonchev–Trinajstić information content (AvgIpc) is 3.15. The summed E-state index contributed by atoms with van der Waals surface area (Å²) in [6, 6.07) is 21.7. The van der Waals surface area contributed by atoms with Crippen LogP contribution in [0, 0.1) is 0 Å². The zero-order valence-electron chi connectivity index (χ0n) is 16.8. The molecule has 152 valence electrons. The van der Waals surface area contributed by atoms with E-state index in [1.807, 2.05) is 42.5 Å². The molecule has 4 aromatic rings. The third kappa shape index (κ3) is 4.09. The molecule has 0 atom stereocenters. The standard InChI is InChI=1S/C24H21BrN2O3/c1-29-20-9-6-16(7-10-20)12-13-27-22-11-8-18(24(28)30-2)15-21(22)26-23(27)17-4-3-5-19(25)14-17/h3-11,14-15H,12-13H2,1-2H3. The topological polar surface area (TPSA) is 53.3 Å². The second-order valence-electron chi connectivity index (χ2n) is 6.89. The predicted octanol–water partition coefficient (Wildman–Crippen LogP) is 5.50. The van der Waals surface area contributed by atoms with Crippen LogP contribution in [-0.4, -0.2) is 29.7 Å². The largest absolute Gasteiger partial charge is 0.497 e. The number of benzene rings is 3. The van der Waals surface area contributed by atoms with Gasteiger partial charge in [0.2, 0.25) is 0 Å². The molecule has 0 fully saturated rings. The normalized spacial score (nSPS) is 10.9. The Kier molecular flexibility index (Phi) is 5.86. The van der Waals surface area contributed by atoms with Crippen molar-refractivity contribution in [2.75, 3.05) is 14.2 Å². The highest BCUT2D eigenvalue weighted by Crippen LogP contribution is 2.28. The number of rotatable bonds is 6. The first-order valence-corrected chi connectivity index (χ1v) is 10.4. The van der Waals surface area contributed by atoms with Gasteiger partial charge in [0.25, 0.3) is 0 Å². The van der Waals surface area contributed by atoms with Crippen LogP contribution in [0.1, 0.15) is 15.9 Å². The second kappa shape index (κ2) is 8.71. The van der Waals surface area contributed by atoms with Crippen molar-refractivity contribution in [3.05, 3.63) is 82.3 Å². The van der Waals surface area contributed by atoms with Crippen LogP contribution in [0.4, 0.5) is 0 Å². The maximum Gasteiger partial charge on any atom is 0.337 e. The van der Waals surface area contributed by atoms with Crippen LogP contribution in [0.15, 0.2) is 71.2 Å². The Balaban J connectivity index is 1.75. The van der Waals surface area contributed by atoms with E-state index in [9.17, 15) is 4.79 Å². The predicted molar refractivity (Wildman–Crippen MR) is 121 cm³/mol. The Hall–Kier alpha value is -3.12. The molecule has 1 aromatic heterocycles. The first-order valence-electron chi connectivity index (χ1n) is 9.56. The number of fused-ring (bicyclic) bond motifs is 1. The molecule has 0 N–H and O–H groups in total. The van der Waals surface area contributed by atoms with Crippen molar-refractivity contribution in [2.24, 2.45) is 0 Å². The maximum absolute atomic E-state index is 12.0. The SMILES string of the molecule is COC(=O)c1ccc2c(c1)nc(-c1cccc(Br)c1)n2CCc1ccc(OC)cc1. The van der Waals surface area contributed by atoms with E-state index >= 15 is 0 Å². The van der Waals surface area contributed by atoms with Gasteiger partial charge in [-0.2, -0.15) is 0 Å². The summed E-state index contributed by atoms with van der Waals surface area (Å²) in [5, 5.41) is 0. The van der Waals surface area contributed by atoms with Gasteiger partial charge in [0.1, 0.15) is 11.6 Å². The van der Waals surface area contributed by atoms with Gasteiger partial charge in [-0.1, -0.05) is 40.2 Å². The van der Waals surface area contributed by atoms with Gasteiger partial charge < -0.3 is 14.0 Å². The third-order valence-electron chi connectivity index (χ3n) is 5.04. The summed E-state index contributed by atoms with van der Waals surface area (Å²) in [7, 11) is 3.05. The summed E-state index contributed by atoms with van der Waals surface area (Å²) in [6.07, 6.45) is 0.842. The van der Waals surface area contributed by atoms with Gasteiger partial charge in [0.05, 0.1) is 30.8 Å². The third-order valence-corrected chi connectivity index (χ3v) is 5.53. The minimum Gasteiger partial charge on any atom is -0.497 e. The average molecular weight is 465 g/mol. The summed E-state index contributed by atoms with van der Waals surface area (Å²) in [5.74, 6) is 1.34. The van der Waals surface area contributed by atoms with E-state index in [0.717, 1.165) is 45.6 Å². The number of methoxy groups -OCH3 is 2. The minimum absolute atomic E-state index is 0.367. The summed E-state index contributed by atoms with van der Waals surface area (Å²) in [6.45, 7) is 0.752.